The summed E-state index contributed by atoms with van der Waals surface area (Å²) in [6, 6.07) is 7.87. The minimum Gasteiger partial charge on any atom is -0.466 e. The van der Waals surface area contributed by atoms with E-state index >= 15 is 0 Å². The number of aromatic amines is 1. The molecule has 2 aromatic rings. The molecule has 1 aromatic heterocycles. The normalized spacial score (nSPS) is 17.9. The highest BCUT2D eigenvalue weighted by Gasteiger charge is 2.32. The first-order chi connectivity index (χ1) is 17.2. The third-order valence-electron chi connectivity index (χ3n) is 5.79. The topological polar surface area (TPSA) is 156 Å². The first-order valence-electron chi connectivity index (χ1n) is 11.5. The quantitative estimate of drug-likeness (QED) is 0.360. The maximum atomic E-state index is 12.6. The van der Waals surface area contributed by atoms with Crippen LogP contribution in [0.4, 0.5) is 11.5 Å². The Morgan fingerprint density at radius 1 is 1.25 bits per heavy atom. The molecular formula is C24H30ClN5O6. The summed E-state index contributed by atoms with van der Waals surface area (Å²) in [6.45, 7) is 3.17. The zero-order chi connectivity index (χ0) is 26.2. The maximum absolute atomic E-state index is 12.6. The van der Waals surface area contributed by atoms with Gasteiger partial charge in [-0.25, -0.2) is 0 Å². The van der Waals surface area contributed by atoms with Gasteiger partial charge in [0.1, 0.15) is 11.4 Å². The largest absolute Gasteiger partial charge is 0.466 e. The van der Waals surface area contributed by atoms with Gasteiger partial charge in [0.05, 0.1) is 36.7 Å². The Labute approximate surface area is 213 Å². The molecule has 194 valence electrons. The molecular weight excluding hydrogens is 490 g/mol. The third-order valence-corrected chi connectivity index (χ3v) is 6.10. The summed E-state index contributed by atoms with van der Waals surface area (Å²) in [5.74, 6) is -1.09. The number of hydrogen-bond acceptors (Lipinski definition) is 8. The van der Waals surface area contributed by atoms with Crippen LogP contribution in [0.2, 0.25) is 5.02 Å². The fourth-order valence-corrected chi connectivity index (χ4v) is 4.11. The van der Waals surface area contributed by atoms with Crippen molar-refractivity contribution in [1.29, 1.82) is 0 Å². The molecule has 0 aliphatic carbocycles. The Morgan fingerprint density at radius 2 is 1.97 bits per heavy atom. The van der Waals surface area contributed by atoms with Gasteiger partial charge in [0.2, 0.25) is 5.91 Å². The van der Waals surface area contributed by atoms with E-state index in [1.807, 2.05) is 4.90 Å². The average Bonchev–Trinajstić information content (AvgIpc) is 2.83. The number of piperidine rings is 1. The van der Waals surface area contributed by atoms with Gasteiger partial charge in [-0.3, -0.25) is 24.1 Å². The molecule has 0 bridgehead atoms. The van der Waals surface area contributed by atoms with E-state index in [2.05, 4.69) is 15.6 Å². The smallest absolute Gasteiger partial charge is 0.310 e. The lowest BCUT2D eigenvalue weighted by Gasteiger charge is -2.37. The second kappa shape index (κ2) is 12.5. The number of methoxy groups -OCH3 is 1. The molecule has 1 saturated heterocycles. The van der Waals surface area contributed by atoms with Crippen molar-refractivity contribution in [3.8, 4) is 0 Å². The van der Waals surface area contributed by atoms with Gasteiger partial charge in [-0.2, -0.15) is 0 Å². The minimum absolute atomic E-state index is 0.00723. The van der Waals surface area contributed by atoms with E-state index in [9.17, 15) is 19.2 Å². The highest BCUT2D eigenvalue weighted by atomic mass is 35.5. The molecule has 0 radical (unpaired) electrons. The number of ether oxygens (including phenoxy) is 2. The van der Waals surface area contributed by atoms with Crippen molar-refractivity contribution in [1.82, 2.24) is 15.2 Å². The number of likely N-dealkylation sites (tertiary alicyclic amines) is 1. The number of carbonyl (C=O) groups is 3. The van der Waals surface area contributed by atoms with Crippen LogP contribution in [0.3, 0.4) is 0 Å². The number of halogens is 1. The van der Waals surface area contributed by atoms with Gasteiger partial charge in [0.25, 0.3) is 11.5 Å². The molecule has 0 unspecified atom stereocenters. The molecule has 2 atom stereocenters. The highest BCUT2D eigenvalue weighted by molar-refractivity contribution is 6.33. The zero-order valence-electron chi connectivity index (χ0n) is 20.1. The number of anilines is 2. The Hall–Kier alpha value is -3.41. The van der Waals surface area contributed by atoms with Crippen LogP contribution in [0, 0.1) is 0 Å². The molecule has 0 spiro atoms. The molecule has 1 fully saturated rings. The van der Waals surface area contributed by atoms with Crippen molar-refractivity contribution < 1.29 is 23.9 Å². The summed E-state index contributed by atoms with van der Waals surface area (Å²) < 4.78 is 10.5. The van der Waals surface area contributed by atoms with E-state index in [0.29, 0.717) is 31.8 Å². The molecule has 11 nitrogen and oxygen atoms in total. The van der Waals surface area contributed by atoms with Gasteiger partial charge < -0.3 is 30.8 Å². The molecule has 3 rings (SSSR count). The Balaban J connectivity index is 1.51. The number of carbonyl (C=O) groups excluding carboxylic acids is 3. The number of nitrogens with two attached hydrogens (primary N) is 1. The predicted molar refractivity (Wildman–Crippen MR) is 135 cm³/mol. The summed E-state index contributed by atoms with van der Waals surface area (Å²) in [7, 11) is 1.53. The van der Waals surface area contributed by atoms with Crippen molar-refractivity contribution in [2.75, 3.05) is 44.4 Å². The van der Waals surface area contributed by atoms with Crippen molar-refractivity contribution in [2.45, 2.75) is 31.9 Å². The van der Waals surface area contributed by atoms with E-state index in [0.717, 1.165) is 5.56 Å². The standard InChI is InChI=1S/C24H30ClN5O6/c1-3-36-21(32)10-14-4-6-15(7-5-14)27-20(31)13-30-9-8-18(19(12-30)35-2)28-23(33)16-11-17(25)22(26)29-24(16)34/h4-7,11,18-19H,3,8-10,12-13H2,1-2H3,(H,27,31)(H,28,33)(H3,26,29,34)/t18-,19+/m1/s1. The lowest BCUT2D eigenvalue weighted by Crippen LogP contribution is -2.56. The number of rotatable bonds is 9. The second-order valence-corrected chi connectivity index (χ2v) is 8.79. The van der Waals surface area contributed by atoms with Crippen molar-refractivity contribution in [2.24, 2.45) is 0 Å². The fraction of sp³-hybridized carbons (Fsp3) is 0.417. The molecule has 2 heterocycles. The van der Waals surface area contributed by atoms with Crippen LogP contribution in [0.15, 0.2) is 35.1 Å². The predicted octanol–water partition coefficient (Wildman–Crippen LogP) is 1.17. The number of amides is 2. The Bertz CT molecular complexity index is 1150. The molecule has 0 saturated carbocycles. The summed E-state index contributed by atoms with van der Waals surface area (Å²) >= 11 is 5.93. The summed E-state index contributed by atoms with van der Waals surface area (Å²) in [5.41, 5.74) is 6.20. The van der Waals surface area contributed by atoms with Crippen molar-refractivity contribution >= 4 is 40.9 Å². The number of pyridine rings is 1. The number of nitrogens with one attached hydrogen (secondary N) is 3. The van der Waals surface area contributed by atoms with Gasteiger partial charge in [-0.1, -0.05) is 23.7 Å². The van der Waals surface area contributed by atoms with Crippen LogP contribution in [0.1, 0.15) is 29.3 Å². The van der Waals surface area contributed by atoms with Crippen molar-refractivity contribution in [3.63, 3.8) is 0 Å². The molecule has 1 aliphatic rings. The summed E-state index contributed by atoms with van der Waals surface area (Å²) in [5, 5.41) is 5.74. The van der Waals surface area contributed by atoms with Gasteiger partial charge in [-0.15, -0.1) is 0 Å². The number of hydrogen-bond donors (Lipinski definition) is 4. The Morgan fingerprint density at radius 3 is 2.64 bits per heavy atom. The van der Waals surface area contributed by atoms with Crippen LogP contribution in [-0.4, -0.2) is 73.2 Å². The first-order valence-corrected chi connectivity index (χ1v) is 11.9. The zero-order valence-corrected chi connectivity index (χ0v) is 20.9. The SMILES string of the molecule is CCOC(=O)Cc1ccc(NC(=O)CN2CC[C@@H](NC(=O)c3cc(Cl)c(N)[nH]c3=O)[C@@H](OC)C2)cc1. The van der Waals surface area contributed by atoms with Crippen LogP contribution in [0.25, 0.3) is 0 Å². The number of esters is 1. The monoisotopic (exact) mass is 519 g/mol. The maximum Gasteiger partial charge on any atom is 0.310 e. The van der Waals surface area contributed by atoms with Crippen LogP contribution in [0.5, 0.6) is 0 Å². The molecule has 1 aromatic carbocycles. The second-order valence-electron chi connectivity index (χ2n) is 8.38. The number of nitrogen functional groups attached to an aromatic ring is 1. The Kier molecular flexibility index (Phi) is 9.45. The van der Waals surface area contributed by atoms with Gasteiger partial charge in [0, 0.05) is 25.9 Å². The van der Waals surface area contributed by atoms with E-state index in [1.54, 1.807) is 31.2 Å². The van der Waals surface area contributed by atoms with E-state index in [-0.39, 0.29) is 53.4 Å². The first kappa shape index (κ1) is 27.2. The minimum atomic E-state index is -0.633. The number of H-pyrrole nitrogens is 1. The van der Waals surface area contributed by atoms with Crippen LogP contribution in [-0.2, 0) is 25.5 Å². The summed E-state index contributed by atoms with van der Waals surface area (Å²) in [4.78, 5) is 53.1. The van der Waals surface area contributed by atoms with E-state index < -0.39 is 11.5 Å². The van der Waals surface area contributed by atoms with Crippen LogP contribution >= 0.6 is 11.6 Å². The molecule has 5 N–H and O–H groups in total. The molecule has 2 amide bonds. The number of benzene rings is 1. The fourth-order valence-electron chi connectivity index (χ4n) is 3.95. The molecule has 36 heavy (non-hydrogen) atoms. The van der Waals surface area contributed by atoms with Gasteiger partial charge in [-0.05, 0) is 37.1 Å². The van der Waals surface area contributed by atoms with E-state index in [1.165, 1.54) is 13.2 Å². The van der Waals surface area contributed by atoms with Gasteiger partial charge in [0.15, 0.2) is 0 Å². The number of aromatic nitrogens is 1. The van der Waals surface area contributed by atoms with E-state index in [4.69, 9.17) is 26.8 Å². The van der Waals surface area contributed by atoms with Gasteiger partial charge >= 0.3 is 5.97 Å². The third kappa shape index (κ3) is 7.30. The average molecular weight is 520 g/mol. The number of nitrogens with zero attached hydrogens (tertiary/aromatic N) is 1. The highest BCUT2D eigenvalue weighted by Crippen LogP contribution is 2.17. The molecule has 1 aliphatic heterocycles. The van der Waals surface area contributed by atoms with Crippen LogP contribution < -0.4 is 21.9 Å². The lowest BCUT2D eigenvalue weighted by molar-refractivity contribution is -0.142. The lowest BCUT2D eigenvalue weighted by atomic mass is 10.0. The summed E-state index contributed by atoms with van der Waals surface area (Å²) in [6.07, 6.45) is 0.299. The molecule has 12 heteroatoms. The van der Waals surface area contributed by atoms with Crippen molar-refractivity contribution in [3.05, 3.63) is 56.8 Å².